The molecule has 0 bridgehead atoms. The molecular formula is C30H27ClN2O5. The van der Waals surface area contributed by atoms with E-state index in [2.05, 4.69) is 10.6 Å². The second-order valence-electron chi connectivity index (χ2n) is 8.71. The smallest absolute Gasteiger partial charge is 0.306 e. The number of hydrogen-bond donors (Lipinski definition) is 2. The van der Waals surface area contributed by atoms with E-state index in [1.54, 1.807) is 42.5 Å². The summed E-state index contributed by atoms with van der Waals surface area (Å²) in [4.78, 5) is 36.2. The molecule has 194 valence electrons. The van der Waals surface area contributed by atoms with E-state index in [4.69, 9.17) is 21.1 Å². The van der Waals surface area contributed by atoms with Crippen LogP contribution in [0.25, 0.3) is 10.8 Å². The Kier molecular flexibility index (Phi) is 8.95. The predicted molar refractivity (Wildman–Crippen MR) is 149 cm³/mol. The van der Waals surface area contributed by atoms with E-state index >= 15 is 0 Å². The van der Waals surface area contributed by atoms with Gasteiger partial charge < -0.3 is 20.1 Å². The molecule has 38 heavy (non-hydrogen) atoms. The molecule has 8 heteroatoms. The van der Waals surface area contributed by atoms with E-state index in [0.717, 1.165) is 22.1 Å². The first kappa shape index (κ1) is 26.7. The Balaban J connectivity index is 1.15. The van der Waals surface area contributed by atoms with Gasteiger partial charge in [0, 0.05) is 29.2 Å². The summed E-state index contributed by atoms with van der Waals surface area (Å²) in [7, 11) is 0. The number of rotatable bonds is 10. The van der Waals surface area contributed by atoms with Gasteiger partial charge in [0.15, 0.2) is 6.61 Å². The minimum Gasteiger partial charge on any atom is -0.457 e. The monoisotopic (exact) mass is 530 g/mol. The Bertz CT molecular complexity index is 1450. The highest BCUT2D eigenvalue weighted by molar-refractivity contribution is 6.31. The van der Waals surface area contributed by atoms with Crippen LogP contribution in [0.2, 0.25) is 5.02 Å². The molecule has 2 N–H and O–H groups in total. The molecule has 0 aromatic heterocycles. The van der Waals surface area contributed by atoms with E-state index in [1.807, 2.05) is 49.4 Å². The van der Waals surface area contributed by atoms with Gasteiger partial charge in [-0.3, -0.25) is 14.4 Å². The first-order valence-corrected chi connectivity index (χ1v) is 12.5. The Morgan fingerprint density at radius 3 is 2.29 bits per heavy atom. The third kappa shape index (κ3) is 7.82. The minimum atomic E-state index is -0.550. The Morgan fingerprint density at radius 2 is 1.50 bits per heavy atom. The van der Waals surface area contributed by atoms with Crippen molar-refractivity contribution in [1.29, 1.82) is 0 Å². The third-order valence-corrected chi connectivity index (χ3v) is 5.95. The summed E-state index contributed by atoms with van der Waals surface area (Å²) < 4.78 is 10.9. The quantitative estimate of drug-likeness (QED) is 0.218. The number of ether oxygens (including phenoxy) is 2. The van der Waals surface area contributed by atoms with Gasteiger partial charge in [-0.2, -0.15) is 0 Å². The fourth-order valence-electron chi connectivity index (χ4n) is 3.72. The van der Waals surface area contributed by atoms with E-state index in [1.165, 1.54) is 0 Å². The molecule has 0 spiro atoms. The normalized spacial score (nSPS) is 10.6. The van der Waals surface area contributed by atoms with Crippen LogP contribution in [-0.4, -0.2) is 24.4 Å². The van der Waals surface area contributed by atoms with Crippen LogP contribution in [0.4, 0.5) is 11.4 Å². The summed E-state index contributed by atoms with van der Waals surface area (Å²) in [5, 5.41) is 8.18. The summed E-state index contributed by atoms with van der Waals surface area (Å²) in [6.45, 7) is 1.42. The lowest BCUT2D eigenvalue weighted by atomic mass is 10.1. The number of anilines is 2. The number of amides is 2. The van der Waals surface area contributed by atoms with Crippen molar-refractivity contribution in [2.24, 2.45) is 0 Å². The van der Waals surface area contributed by atoms with Crippen molar-refractivity contribution in [3.63, 3.8) is 0 Å². The van der Waals surface area contributed by atoms with Crippen LogP contribution in [0.15, 0.2) is 84.9 Å². The molecular weight excluding hydrogens is 504 g/mol. The van der Waals surface area contributed by atoms with Crippen molar-refractivity contribution < 1.29 is 23.9 Å². The maximum absolute atomic E-state index is 12.3. The number of benzene rings is 4. The van der Waals surface area contributed by atoms with Crippen LogP contribution in [0.5, 0.6) is 11.5 Å². The topological polar surface area (TPSA) is 93.7 Å². The molecule has 2 amide bonds. The first-order valence-electron chi connectivity index (χ1n) is 12.1. The maximum atomic E-state index is 12.3. The Labute approximate surface area is 225 Å². The van der Waals surface area contributed by atoms with Crippen LogP contribution in [0.1, 0.15) is 24.8 Å². The summed E-state index contributed by atoms with van der Waals surface area (Å²) in [6.07, 6.45) is 0.455. The molecule has 7 nitrogen and oxygen atoms in total. The number of carbonyl (C=O) groups excluding carboxylic acids is 3. The lowest BCUT2D eigenvalue weighted by Gasteiger charge is -2.10. The fourth-order valence-corrected chi connectivity index (χ4v) is 3.90. The van der Waals surface area contributed by atoms with Gasteiger partial charge in [0.05, 0.1) is 0 Å². The molecule has 0 aliphatic rings. The highest BCUT2D eigenvalue weighted by Gasteiger charge is 2.11. The predicted octanol–water partition coefficient (Wildman–Crippen LogP) is 6.88. The van der Waals surface area contributed by atoms with Gasteiger partial charge in [-0.25, -0.2) is 0 Å². The van der Waals surface area contributed by atoms with Gasteiger partial charge in [0.1, 0.15) is 11.5 Å². The lowest BCUT2D eigenvalue weighted by molar-refractivity contribution is -0.147. The highest BCUT2D eigenvalue weighted by Crippen LogP contribution is 2.26. The standard InChI is InChI=1S/C30H27ClN2O5/c1-20-9-11-23(31)18-27(20)33-29(35)19-37-30(36)8-4-7-28(34)32-24-12-15-25(16-13-24)38-26-14-10-21-5-2-3-6-22(21)17-26/h2-3,5-6,9-18H,4,7-8,19H2,1H3,(H,32,34)(H,33,35). The first-order chi connectivity index (χ1) is 18.4. The second-order valence-corrected chi connectivity index (χ2v) is 9.14. The molecule has 0 saturated carbocycles. The molecule has 0 saturated heterocycles. The average Bonchev–Trinajstić information content (AvgIpc) is 2.90. The molecule has 0 heterocycles. The molecule has 0 fully saturated rings. The Hall–Kier alpha value is -4.36. The fraction of sp³-hybridized carbons (Fsp3) is 0.167. The summed E-state index contributed by atoms with van der Waals surface area (Å²) in [5.41, 5.74) is 2.02. The summed E-state index contributed by atoms with van der Waals surface area (Å²) in [6, 6.07) is 26.1. The molecule has 4 rings (SSSR count). The number of esters is 1. The van der Waals surface area contributed by atoms with Gasteiger partial charge in [0.2, 0.25) is 5.91 Å². The van der Waals surface area contributed by atoms with Crippen LogP contribution < -0.4 is 15.4 Å². The van der Waals surface area contributed by atoms with E-state index in [9.17, 15) is 14.4 Å². The van der Waals surface area contributed by atoms with E-state index in [0.29, 0.717) is 28.6 Å². The molecule has 0 atom stereocenters. The van der Waals surface area contributed by atoms with Crippen LogP contribution in [0, 0.1) is 6.92 Å². The van der Waals surface area contributed by atoms with Crippen LogP contribution in [-0.2, 0) is 19.1 Å². The zero-order valence-electron chi connectivity index (χ0n) is 20.8. The number of fused-ring (bicyclic) bond motifs is 1. The van der Waals surface area contributed by atoms with Crippen molar-refractivity contribution in [2.75, 3.05) is 17.2 Å². The van der Waals surface area contributed by atoms with Crippen LogP contribution in [0.3, 0.4) is 0 Å². The molecule has 4 aromatic rings. The number of hydrogen-bond acceptors (Lipinski definition) is 5. The van der Waals surface area contributed by atoms with E-state index in [-0.39, 0.29) is 18.7 Å². The molecule has 0 radical (unpaired) electrons. The molecule has 0 aliphatic carbocycles. The number of nitrogens with one attached hydrogen (secondary N) is 2. The number of aryl methyl sites for hydroxylation is 1. The molecule has 4 aromatic carbocycles. The Morgan fingerprint density at radius 1 is 0.763 bits per heavy atom. The number of halogens is 1. The maximum Gasteiger partial charge on any atom is 0.306 e. The lowest BCUT2D eigenvalue weighted by Crippen LogP contribution is -2.21. The van der Waals surface area contributed by atoms with Gasteiger partial charge in [0.25, 0.3) is 5.91 Å². The van der Waals surface area contributed by atoms with Crippen molar-refractivity contribution in [1.82, 2.24) is 0 Å². The SMILES string of the molecule is Cc1ccc(Cl)cc1NC(=O)COC(=O)CCCC(=O)Nc1ccc(Oc2ccc3ccccc3c2)cc1. The van der Waals surface area contributed by atoms with Crippen molar-refractivity contribution in [3.8, 4) is 11.5 Å². The highest BCUT2D eigenvalue weighted by atomic mass is 35.5. The third-order valence-electron chi connectivity index (χ3n) is 5.72. The van der Waals surface area contributed by atoms with Gasteiger partial charge in [-0.05, 0) is 78.2 Å². The van der Waals surface area contributed by atoms with Gasteiger partial charge in [-0.15, -0.1) is 0 Å². The van der Waals surface area contributed by atoms with Crippen molar-refractivity contribution >= 4 is 51.5 Å². The summed E-state index contributed by atoms with van der Waals surface area (Å²) in [5.74, 6) is 0.135. The van der Waals surface area contributed by atoms with Gasteiger partial charge >= 0.3 is 5.97 Å². The van der Waals surface area contributed by atoms with Crippen molar-refractivity contribution in [3.05, 3.63) is 95.5 Å². The largest absolute Gasteiger partial charge is 0.457 e. The average molecular weight is 531 g/mol. The van der Waals surface area contributed by atoms with E-state index < -0.39 is 18.5 Å². The molecule has 0 aliphatic heterocycles. The molecule has 0 unspecified atom stereocenters. The zero-order chi connectivity index (χ0) is 26.9. The summed E-state index contributed by atoms with van der Waals surface area (Å²) >= 11 is 5.94. The van der Waals surface area contributed by atoms with Crippen molar-refractivity contribution in [2.45, 2.75) is 26.2 Å². The number of carbonyl (C=O) groups is 3. The van der Waals surface area contributed by atoms with Crippen LogP contribution >= 0.6 is 11.6 Å². The zero-order valence-corrected chi connectivity index (χ0v) is 21.6. The second kappa shape index (κ2) is 12.7. The minimum absolute atomic E-state index is 0.0232. The van der Waals surface area contributed by atoms with Gasteiger partial charge in [-0.1, -0.05) is 48.0 Å².